The highest BCUT2D eigenvalue weighted by Gasteiger charge is 2.08. The van der Waals surface area contributed by atoms with Crippen LogP contribution < -0.4 is 0 Å². The zero-order chi connectivity index (χ0) is 11.3. The SMILES string of the molecule is COC(=O)c1ccccc1/C=C/[N+](=O)[O-]. The number of esters is 1. The molecule has 0 atom stereocenters. The fraction of sp³-hybridized carbons (Fsp3) is 0.100. The van der Waals surface area contributed by atoms with Crippen LogP contribution in [0, 0.1) is 10.1 Å². The highest BCUT2D eigenvalue weighted by atomic mass is 16.6. The lowest BCUT2D eigenvalue weighted by molar-refractivity contribution is -0.400. The Morgan fingerprint density at radius 2 is 2.13 bits per heavy atom. The second-order valence-corrected chi connectivity index (χ2v) is 2.68. The van der Waals surface area contributed by atoms with Gasteiger partial charge in [0.05, 0.1) is 17.6 Å². The Labute approximate surface area is 86.1 Å². The third-order valence-electron chi connectivity index (χ3n) is 1.74. The molecule has 1 aromatic rings. The number of nitro groups is 1. The van der Waals surface area contributed by atoms with Crippen LogP contribution in [0.25, 0.3) is 6.08 Å². The van der Waals surface area contributed by atoms with Crippen molar-refractivity contribution >= 4 is 12.0 Å². The van der Waals surface area contributed by atoms with Crippen LogP contribution in [0.1, 0.15) is 15.9 Å². The summed E-state index contributed by atoms with van der Waals surface area (Å²) in [5, 5.41) is 10.1. The van der Waals surface area contributed by atoms with Gasteiger partial charge in [-0.05, 0) is 11.6 Å². The van der Waals surface area contributed by atoms with Gasteiger partial charge in [-0.15, -0.1) is 0 Å². The quantitative estimate of drug-likeness (QED) is 0.430. The molecule has 78 valence electrons. The van der Waals surface area contributed by atoms with Crippen molar-refractivity contribution in [1.29, 1.82) is 0 Å². The van der Waals surface area contributed by atoms with Crippen LogP contribution in [0.2, 0.25) is 0 Å². The summed E-state index contributed by atoms with van der Waals surface area (Å²) in [4.78, 5) is 20.8. The number of carbonyl (C=O) groups excluding carboxylic acids is 1. The molecule has 0 spiro atoms. The maximum atomic E-state index is 11.3. The largest absolute Gasteiger partial charge is 0.465 e. The highest BCUT2D eigenvalue weighted by Crippen LogP contribution is 2.11. The third-order valence-corrected chi connectivity index (χ3v) is 1.74. The number of ether oxygens (including phenoxy) is 1. The van der Waals surface area contributed by atoms with Gasteiger partial charge in [-0.1, -0.05) is 18.2 Å². The molecule has 0 saturated carbocycles. The topological polar surface area (TPSA) is 69.4 Å². The van der Waals surface area contributed by atoms with Gasteiger partial charge in [-0.25, -0.2) is 4.79 Å². The van der Waals surface area contributed by atoms with Crippen molar-refractivity contribution in [3.05, 3.63) is 51.7 Å². The Bertz CT molecular complexity index is 412. The minimum Gasteiger partial charge on any atom is -0.465 e. The Hall–Kier alpha value is -2.17. The maximum Gasteiger partial charge on any atom is 0.338 e. The van der Waals surface area contributed by atoms with E-state index in [4.69, 9.17) is 0 Å². The number of benzene rings is 1. The zero-order valence-corrected chi connectivity index (χ0v) is 8.04. The lowest BCUT2D eigenvalue weighted by atomic mass is 10.1. The van der Waals surface area contributed by atoms with Gasteiger partial charge in [0.15, 0.2) is 0 Å². The van der Waals surface area contributed by atoms with Gasteiger partial charge in [0.2, 0.25) is 6.20 Å². The first-order chi connectivity index (χ1) is 7.15. The molecule has 0 aliphatic heterocycles. The zero-order valence-electron chi connectivity index (χ0n) is 8.04. The van der Waals surface area contributed by atoms with Crippen LogP contribution in [-0.4, -0.2) is 18.0 Å². The van der Waals surface area contributed by atoms with Crippen LogP contribution in [0.3, 0.4) is 0 Å². The highest BCUT2D eigenvalue weighted by molar-refractivity contribution is 5.93. The number of hydrogen-bond acceptors (Lipinski definition) is 4. The van der Waals surface area contributed by atoms with Gasteiger partial charge in [-0.2, -0.15) is 0 Å². The number of rotatable bonds is 3. The lowest BCUT2D eigenvalue weighted by Crippen LogP contribution is -2.03. The minimum atomic E-state index is -0.589. The van der Waals surface area contributed by atoms with E-state index in [2.05, 4.69) is 4.74 Å². The number of carbonyl (C=O) groups is 1. The summed E-state index contributed by atoms with van der Waals surface area (Å²) >= 11 is 0. The van der Waals surface area contributed by atoms with Crippen LogP contribution in [0.5, 0.6) is 0 Å². The first-order valence-corrected chi connectivity index (χ1v) is 4.14. The molecule has 0 bridgehead atoms. The van der Waals surface area contributed by atoms with Crippen molar-refractivity contribution in [3.63, 3.8) is 0 Å². The summed E-state index contributed by atoms with van der Waals surface area (Å²) in [5.41, 5.74) is 0.763. The van der Waals surface area contributed by atoms with E-state index in [1.54, 1.807) is 24.3 Å². The minimum absolute atomic E-state index is 0.304. The van der Waals surface area contributed by atoms with Crippen molar-refractivity contribution in [2.75, 3.05) is 7.11 Å². The number of hydrogen-bond donors (Lipinski definition) is 0. The predicted octanol–water partition coefficient (Wildman–Crippen LogP) is 1.72. The molecule has 0 amide bonds. The van der Waals surface area contributed by atoms with Crippen molar-refractivity contribution in [2.45, 2.75) is 0 Å². The Morgan fingerprint density at radius 3 is 2.73 bits per heavy atom. The molecule has 0 aliphatic carbocycles. The van der Waals surface area contributed by atoms with Gasteiger partial charge >= 0.3 is 5.97 Å². The first-order valence-electron chi connectivity index (χ1n) is 4.14. The second-order valence-electron chi connectivity index (χ2n) is 2.68. The summed E-state index contributed by atoms with van der Waals surface area (Å²) in [6.45, 7) is 0. The Morgan fingerprint density at radius 1 is 1.47 bits per heavy atom. The Kier molecular flexibility index (Phi) is 3.56. The molecule has 0 aliphatic rings. The van der Waals surface area contributed by atoms with E-state index >= 15 is 0 Å². The average Bonchev–Trinajstić information content (AvgIpc) is 2.25. The van der Waals surface area contributed by atoms with Gasteiger partial charge in [0.1, 0.15) is 0 Å². The summed E-state index contributed by atoms with van der Waals surface area (Å²) in [6.07, 6.45) is 2.04. The number of nitrogens with zero attached hydrogens (tertiary/aromatic N) is 1. The monoisotopic (exact) mass is 207 g/mol. The molecule has 1 aromatic carbocycles. The standard InChI is InChI=1S/C10H9NO4/c1-15-10(12)9-5-3-2-4-8(9)6-7-11(13)14/h2-7H,1H3/b7-6+. The number of methoxy groups -OCH3 is 1. The van der Waals surface area contributed by atoms with Crippen molar-refractivity contribution in [2.24, 2.45) is 0 Å². The van der Waals surface area contributed by atoms with Crippen LogP contribution in [0.15, 0.2) is 30.5 Å². The molecular weight excluding hydrogens is 198 g/mol. The van der Waals surface area contributed by atoms with E-state index in [0.717, 1.165) is 6.20 Å². The first kappa shape index (κ1) is 10.9. The maximum absolute atomic E-state index is 11.3. The third kappa shape index (κ3) is 2.91. The molecule has 0 N–H and O–H groups in total. The lowest BCUT2D eigenvalue weighted by Gasteiger charge is -2.01. The molecule has 5 nitrogen and oxygen atoms in total. The molecule has 0 saturated heterocycles. The molecule has 1 rings (SSSR count). The molecule has 0 heterocycles. The van der Waals surface area contributed by atoms with E-state index in [-0.39, 0.29) is 0 Å². The van der Waals surface area contributed by atoms with Gasteiger partial charge < -0.3 is 4.74 Å². The average molecular weight is 207 g/mol. The molecule has 0 fully saturated rings. The second kappa shape index (κ2) is 4.90. The molecule has 0 unspecified atom stereocenters. The summed E-state index contributed by atoms with van der Waals surface area (Å²) in [6, 6.07) is 6.50. The molecule has 5 heteroatoms. The molecule has 0 radical (unpaired) electrons. The van der Waals surface area contributed by atoms with Crippen molar-refractivity contribution in [3.8, 4) is 0 Å². The van der Waals surface area contributed by atoms with Crippen LogP contribution in [0.4, 0.5) is 0 Å². The van der Waals surface area contributed by atoms with E-state index in [0.29, 0.717) is 11.1 Å². The normalized spacial score (nSPS) is 10.2. The molecule has 0 aromatic heterocycles. The van der Waals surface area contributed by atoms with Crippen molar-refractivity contribution in [1.82, 2.24) is 0 Å². The predicted molar refractivity (Wildman–Crippen MR) is 53.8 cm³/mol. The smallest absolute Gasteiger partial charge is 0.338 e. The van der Waals surface area contributed by atoms with Crippen LogP contribution >= 0.6 is 0 Å². The molecule has 15 heavy (non-hydrogen) atoms. The fourth-order valence-corrected chi connectivity index (χ4v) is 1.08. The van der Waals surface area contributed by atoms with Crippen molar-refractivity contribution < 1.29 is 14.5 Å². The van der Waals surface area contributed by atoms with Crippen LogP contribution in [-0.2, 0) is 4.74 Å². The van der Waals surface area contributed by atoms with E-state index in [9.17, 15) is 14.9 Å². The molecular formula is C10H9NO4. The van der Waals surface area contributed by atoms with Gasteiger partial charge in [0.25, 0.3) is 0 Å². The van der Waals surface area contributed by atoms with E-state index in [1.165, 1.54) is 13.2 Å². The summed E-state index contributed by atoms with van der Waals surface area (Å²) < 4.78 is 4.54. The van der Waals surface area contributed by atoms with E-state index in [1.807, 2.05) is 0 Å². The summed E-state index contributed by atoms with van der Waals surface area (Å²) in [5.74, 6) is -0.515. The van der Waals surface area contributed by atoms with Gasteiger partial charge in [0, 0.05) is 6.08 Å². The summed E-state index contributed by atoms with van der Waals surface area (Å²) in [7, 11) is 1.26. The Balaban J connectivity index is 3.06. The fourth-order valence-electron chi connectivity index (χ4n) is 1.08. The van der Waals surface area contributed by atoms with Gasteiger partial charge in [-0.3, -0.25) is 10.1 Å². The van der Waals surface area contributed by atoms with E-state index < -0.39 is 10.9 Å².